The predicted octanol–water partition coefficient (Wildman–Crippen LogP) is 1.82. The zero-order chi connectivity index (χ0) is 12.8. The number of rotatable bonds is 6. The number of aromatic nitrogens is 2. The lowest BCUT2D eigenvalue weighted by Crippen LogP contribution is -2.09. The number of nitrogens with one attached hydrogen (secondary N) is 1. The molecule has 7 nitrogen and oxygen atoms in total. The van der Waals surface area contributed by atoms with Gasteiger partial charge in [0.1, 0.15) is 6.33 Å². The largest absolute Gasteiger partial charge is 0.378 e. The number of hydrogen-bond donors (Lipinski definition) is 2. The van der Waals surface area contributed by atoms with E-state index in [1.165, 1.54) is 6.33 Å². The molecule has 0 aromatic carbocycles. The van der Waals surface area contributed by atoms with Gasteiger partial charge in [0.2, 0.25) is 11.6 Å². The van der Waals surface area contributed by atoms with Crippen LogP contribution in [0.5, 0.6) is 0 Å². The summed E-state index contributed by atoms with van der Waals surface area (Å²) in [5.74, 6) is 0.685. The van der Waals surface area contributed by atoms with Gasteiger partial charge < -0.3 is 11.1 Å². The average molecular weight is 239 g/mol. The van der Waals surface area contributed by atoms with Gasteiger partial charge in [-0.15, -0.1) is 0 Å². The van der Waals surface area contributed by atoms with Crippen LogP contribution in [0.2, 0.25) is 0 Å². The van der Waals surface area contributed by atoms with Gasteiger partial charge in [-0.25, -0.2) is 9.97 Å². The van der Waals surface area contributed by atoms with Crippen LogP contribution in [0, 0.1) is 16.0 Å². The number of anilines is 2. The molecule has 17 heavy (non-hydrogen) atoms. The fraction of sp³-hybridized carbons (Fsp3) is 0.600. The predicted molar refractivity (Wildman–Crippen MR) is 65.7 cm³/mol. The molecule has 0 aliphatic carbocycles. The van der Waals surface area contributed by atoms with Crippen molar-refractivity contribution in [3.8, 4) is 0 Å². The fourth-order valence-corrected chi connectivity index (χ4v) is 1.42. The Balaban J connectivity index is 2.64. The number of nitrogens with two attached hydrogens (primary N) is 1. The molecule has 0 bridgehead atoms. The molecule has 0 unspecified atom stereocenters. The molecule has 1 heterocycles. The van der Waals surface area contributed by atoms with Crippen LogP contribution in [0.1, 0.15) is 26.7 Å². The van der Waals surface area contributed by atoms with Gasteiger partial charge in [-0.2, -0.15) is 0 Å². The van der Waals surface area contributed by atoms with Gasteiger partial charge in [0.25, 0.3) is 0 Å². The van der Waals surface area contributed by atoms with Gasteiger partial charge >= 0.3 is 5.69 Å². The van der Waals surface area contributed by atoms with Crippen LogP contribution in [0.15, 0.2) is 6.33 Å². The summed E-state index contributed by atoms with van der Waals surface area (Å²) >= 11 is 0. The Morgan fingerprint density at radius 1 is 1.53 bits per heavy atom. The average Bonchev–Trinajstić information content (AvgIpc) is 2.23. The van der Waals surface area contributed by atoms with E-state index in [2.05, 4.69) is 29.1 Å². The molecule has 0 fully saturated rings. The Labute approximate surface area is 99.6 Å². The Bertz CT molecular complexity index is 394. The standard InChI is InChI=1S/C10H17N5O2/c1-7(2)4-3-5-12-10-8(15(16)17)9(11)13-6-14-10/h6-7H,3-5H2,1-2H3,(H3,11,12,13,14). The summed E-state index contributed by atoms with van der Waals surface area (Å²) in [5, 5.41) is 13.7. The normalized spacial score (nSPS) is 10.5. The third kappa shape index (κ3) is 3.86. The zero-order valence-electron chi connectivity index (χ0n) is 10.0. The number of nitrogens with zero attached hydrogens (tertiary/aromatic N) is 3. The summed E-state index contributed by atoms with van der Waals surface area (Å²) in [4.78, 5) is 17.7. The third-order valence-corrected chi connectivity index (χ3v) is 2.28. The lowest BCUT2D eigenvalue weighted by molar-refractivity contribution is -0.383. The highest BCUT2D eigenvalue weighted by Crippen LogP contribution is 2.26. The molecular formula is C10H17N5O2. The fourth-order valence-electron chi connectivity index (χ4n) is 1.42. The monoisotopic (exact) mass is 239 g/mol. The van der Waals surface area contributed by atoms with Crippen LogP contribution < -0.4 is 11.1 Å². The van der Waals surface area contributed by atoms with E-state index in [0.717, 1.165) is 12.8 Å². The summed E-state index contributed by atoms with van der Waals surface area (Å²) in [7, 11) is 0. The van der Waals surface area contributed by atoms with E-state index < -0.39 is 4.92 Å². The maximum absolute atomic E-state index is 10.8. The van der Waals surface area contributed by atoms with E-state index in [0.29, 0.717) is 12.5 Å². The van der Waals surface area contributed by atoms with Crippen molar-refractivity contribution in [1.29, 1.82) is 0 Å². The Morgan fingerprint density at radius 2 is 2.24 bits per heavy atom. The molecule has 1 aromatic rings. The molecule has 0 radical (unpaired) electrons. The van der Waals surface area contributed by atoms with E-state index in [4.69, 9.17) is 5.73 Å². The van der Waals surface area contributed by atoms with Crippen LogP contribution >= 0.6 is 0 Å². The van der Waals surface area contributed by atoms with Crippen molar-refractivity contribution < 1.29 is 4.92 Å². The minimum atomic E-state index is -0.569. The van der Waals surface area contributed by atoms with Crippen LogP contribution in [-0.2, 0) is 0 Å². The molecule has 7 heteroatoms. The Morgan fingerprint density at radius 3 is 2.82 bits per heavy atom. The summed E-state index contributed by atoms with van der Waals surface area (Å²) < 4.78 is 0. The molecule has 94 valence electrons. The highest BCUT2D eigenvalue weighted by Gasteiger charge is 2.20. The van der Waals surface area contributed by atoms with Gasteiger partial charge in [-0.05, 0) is 18.8 Å². The van der Waals surface area contributed by atoms with Gasteiger partial charge in [-0.1, -0.05) is 13.8 Å². The second-order valence-corrected chi connectivity index (χ2v) is 4.18. The van der Waals surface area contributed by atoms with Crippen LogP contribution in [0.3, 0.4) is 0 Å². The first-order chi connectivity index (χ1) is 8.02. The minimum Gasteiger partial charge on any atom is -0.378 e. The van der Waals surface area contributed by atoms with Crippen molar-refractivity contribution >= 4 is 17.3 Å². The van der Waals surface area contributed by atoms with E-state index in [1.807, 2.05) is 0 Å². The molecule has 0 aliphatic rings. The van der Waals surface area contributed by atoms with E-state index in [1.54, 1.807) is 0 Å². The first-order valence-corrected chi connectivity index (χ1v) is 5.51. The molecule has 0 saturated carbocycles. The molecule has 1 aromatic heterocycles. The number of hydrogen-bond acceptors (Lipinski definition) is 6. The summed E-state index contributed by atoms with van der Waals surface area (Å²) in [6.07, 6.45) is 3.20. The highest BCUT2D eigenvalue weighted by molar-refractivity contribution is 5.67. The van der Waals surface area contributed by atoms with E-state index >= 15 is 0 Å². The van der Waals surface area contributed by atoms with Crippen molar-refractivity contribution in [2.75, 3.05) is 17.6 Å². The molecule has 0 spiro atoms. The lowest BCUT2D eigenvalue weighted by atomic mass is 10.1. The van der Waals surface area contributed by atoms with Crippen molar-refractivity contribution in [2.45, 2.75) is 26.7 Å². The molecular weight excluding hydrogens is 222 g/mol. The van der Waals surface area contributed by atoms with Crippen LogP contribution in [0.25, 0.3) is 0 Å². The van der Waals surface area contributed by atoms with E-state index in [-0.39, 0.29) is 17.3 Å². The van der Waals surface area contributed by atoms with Gasteiger partial charge in [0.05, 0.1) is 4.92 Å². The molecule has 3 N–H and O–H groups in total. The topological polar surface area (TPSA) is 107 Å². The zero-order valence-corrected chi connectivity index (χ0v) is 10.0. The van der Waals surface area contributed by atoms with Crippen molar-refractivity contribution in [3.63, 3.8) is 0 Å². The molecule has 1 rings (SSSR count). The maximum Gasteiger partial charge on any atom is 0.352 e. The van der Waals surface area contributed by atoms with Crippen molar-refractivity contribution in [2.24, 2.45) is 5.92 Å². The Hall–Kier alpha value is -1.92. The second-order valence-electron chi connectivity index (χ2n) is 4.18. The van der Waals surface area contributed by atoms with Gasteiger partial charge in [-0.3, -0.25) is 10.1 Å². The lowest BCUT2D eigenvalue weighted by Gasteiger charge is -2.07. The highest BCUT2D eigenvalue weighted by atomic mass is 16.6. The smallest absolute Gasteiger partial charge is 0.352 e. The first kappa shape index (κ1) is 13.1. The summed E-state index contributed by atoms with van der Waals surface area (Å²) in [6.45, 7) is 4.89. The summed E-state index contributed by atoms with van der Waals surface area (Å²) in [5.41, 5.74) is 5.19. The molecule has 0 amide bonds. The first-order valence-electron chi connectivity index (χ1n) is 5.51. The second kappa shape index (κ2) is 5.97. The van der Waals surface area contributed by atoms with E-state index in [9.17, 15) is 10.1 Å². The summed E-state index contributed by atoms with van der Waals surface area (Å²) in [6, 6.07) is 0. The van der Waals surface area contributed by atoms with Gasteiger partial charge in [0, 0.05) is 6.54 Å². The third-order valence-electron chi connectivity index (χ3n) is 2.28. The van der Waals surface area contributed by atoms with Crippen molar-refractivity contribution in [3.05, 3.63) is 16.4 Å². The number of nitrogen functional groups attached to an aromatic ring is 1. The number of nitro groups is 1. The van der Waals surface area contributed by atoms with Crippen LogP contribution in [0.4, 0.5) is 17.3 Å². The molecule has 0 atom stereocenters. The Kier molecular flexibility index (Phi) is 4.62. The van der Waals surface area contributed by atoms with Gasteiger partial charge in [0.15, 0.2) is 0 Å². The molecule has 0 aliphatic heterocycles. The maximum atomic E-state index is 10.8. The SMILES string of the molecule is CC(C)CCCNc1ncnc(N)c1[N+](=O)[O-]. The molecule has 0 saturated heterocycles. The minimum absolute atomic E-state index is 0.114. The van der Waals surface area contributed by atoms with Crippen molar-refractivity contribution in [1.82, 2.24) is 9.97 Å². The van der Waals surface area contributed by atoms with Crippen LogP contribution in [-0.4, -0.2) is 21.4 Å². The quantitative estimate of drug-likeness (QED) is 0.445.